The number of amides is 1. The van der Waals surface area contributed by atoms with Crippen LogP contribution in [0.2, 0.25) is 0 Å². The number of anilines is 1. The summed E-state index contributed by atoms with van der Waals surface area (Å²) in [7, 11) is 0. The maximum absolute atomic E-state index is 12.6. The number of nitro groups is 1. The van der Waals surface area contributed by atoms with Gasteiger partial charge in [-0.05, 0) is 56.2 Å². The second-order valence-electron chi connectivity index (χ2n) is 7.08. The number of benzene rings is 2. The van der Waals surface area contributed by atoms with E-state index in [-0.39, 0.29) is 11.6 Å². The Hall–Kier alpha value is -3.59. The lowest BCUT2D eigenvalue weighted by atomic mass is 10.1. The third-order valence-electron chi connectivity index (χ3n) is 4.84. The average Bonchev–Trinajstić information content (AvgIpc) is 3.21. The number of rotatable bonds is 5. The topological polar surface area (TPSA) is 103 Å². The zero-order valence-electron chi connectivity index (χ0n) is 16.7. The Balaban J connectivity index is 1.48. The smallest absolute Gasteiger partial charge is 0.298 e. The van der Waals surface area contributed by atoms with Crippen molar-refractivity contribution >= 4 is 38.3 Å². The second-order valence-corrected chi connectivity index (χ2v) is 8.11. The highest BCUT2D eigenvalue weighted by Gasteiger charge is 2.21. The van der Waals surface area contributed by atoms with Crippen LogP contribution in [-0.2, 0) is 6.54 Å². The predicted molar refractivity (Wildman–Crippen MR) is 116 cm³/mol. The fraction of sp³-hybridized carbons (Fsp3) is 0.190. The molecule has 0 spiro atoms. The van der Waals surface area contributed by atoms with Crippen LogP contribution >= 0.6 is 11.3 Å². The van der Waals surface area contributed by atoms with Crippen molar-refractivity contribution in [3.05, 3.63) is 80.7 Å². The van der Waals surface area contributed by atoms with Crippen LogP contribution in [0.3, 0.4) is 0 Å². The number of hydrogen-bond acceptors (Lipinski definition) is 6. The van der Waals surface area contributed by atoms with E-state index in [0.717, 1.165) is 21.3 Å². The number of aromatic nitrogens is 3. The number of carbonyl (C=O) groups is 1. The molecule has 0 aliphatic carbocycles. The van der Waals surface area contributed by atoms with Gasteiger partial charge in [0.25, 0.3) is 5.91 Å². The molecule has 0 bridgehead atoms. The van der Waals surface area contributed by atoms with Gasteiger partial charge >= 0.3 is 5.69 Å². The first-order chi connectivity index (χ1) is 14.3. The average molecular weight is 421 g/mol. The highest BCUT2D eigenvalue weighted by molar-refractivity contribution is 7.22. The van der Waals surface area contributed by atoms with E-state index in [2.05, 4.69) is 15.4 Å². The van der Waals surface area contributed by atoms with Gasteiger partial charge in [0.1, 0.15) is 11.4 Å². The molecule has 0 fully saturated rings. The molecule has 4 aromatic rings. The van der Waals surface area contributed by atoms with Gasteiger partial charge in [0.05, 0.1) is 21.7 Å². The lowest BCUT2D eigenvalue weighted by molar-refractivity contribution is -0.386. The highest BCUT2D eigenvalue weighted by Crippen LogP contribution is 2.27. The van der Waals surface area contributed by atoms with Crippen molar-refractivity contribution in [1.82, 2.24) is 14.8 Å². The minimum Gasteiger partial charge on any atom is -0.298 e. The van der Waals surface area contributed by atoms with Gasteiger partial charge in [-0.25, -0.2) is 4.98 Å². The summed E-state index contributed by atoms with van der Waals surface area (Å²) in [6.07, 6.45) is 0. The Kier molecular flexibility index (Phi) is 5.04. The Labute approximate surface area is 176 Å². The Morgan fingerprint density at radius 1 is 1.17 bits per heavy atom. The molecule has 0 unspecified atom stereocenters. The summed E-state index contributed by atoms with van der Waals surface area (Å²) < 4.78 is 2.63. The quantitative estimate of drug-likeness (QED) is 0.374. The molecule has 4 rings (SSSR count). The van der Waals surface area contributed by atoms with Crippen molar-refractivity contribution in [2.75, 3.05) is 5.32 Å². The molecule has 0 aliphatic rings. The summed E-state index contributed by atoms with van der Waals surface area (Å²) >= 11 is 1.44. The van der Waals surface area contributed by atoms with Crippen LogP contribution < -0.4 is 5.32 Å². The molecule has 0 saturated carbocycles. The van der Waals surface area contributed by atoms with Crippen LogP contribution in [0.1, 0.15) is 32.9 Å². The highest BCUT2D eigenvalue weighted by atomic mass is 32.1. The molecule has 2 aromatic carbocycles. The summed E-state index contributed by atoms with van der Waals surface area (Å²) in [4.78, 5) is 27.8. The molecular formula is C21H19N5O3S. The van der Waals surface area contributed by atoms with Crippen LogP contribution in [0.4, 0.5) is 10.8 Å². The van der Waals surface area contributed by atoms with Crippen LogP contribution in [0.15, 0.2) is 42.5 Å². The number of fused-ring (bicyclic) bond motifs is 1. The first-order valence-electron chi connectivity index (χ1n) is 9.27. The van der Waals surface area contributed by atoms with E-state index >= 15 is 0 Å². The maximum Gasteiger partial charge on any atom is 0.312 e. The van der Waals surface area contributed by atoms with Crippen LogP contribution in [0.25, 0.3) is 10.2 Å². The zero-order valence-corrected chi connectivity index (χ0v) is 17.5. The molecule has 1 N–H and O–H groups in total. The largest absolute Gasteiger partial charge is 0.312 e. The molecule has 2 aromatic heterocycles. The monoisotopic (exact) mass is 421 g/mol. The fourth-order valence-electron chi connectivity index (χ4n) is 3.29. The van der Waals surface area contributed by atoms with Gasteiger partial charge in [0.15, 0.2) is 5.13 Å². The van der Waals surface area contributed by atoms with Crippen LogP contribution in [-0.4, -0.2) is 25.6 Å². The number of hydrogen-bond donors (Lipinski definition) is 1. The molecule has 0 saturated heterocycles. The van der Waals surface area contributed by atoms with Gasteiger partial charge in [0, 0.05) is 5.56 Å². The van der Waals surface area contributed by atoms with Gasteiger partial charge < -0.3 is 0 Å². The summed E-state index contributed by atoms with van der Waals surface area (Å²) in [6, 6.07) is 13.1. The van der Waals surface area contributed by atoms with E-state index in [4.69, 9.17) is 0 Å². The van der Waals surface area contributed by atoms with Gasteiger partial charge in [-0.2, -0.15) is 5.10 Å². The number of thiazole rings is 1. The van der Waals surface area contributed by atoms with Gasteiger partial charge in [0.2, 0.25) is 0 Å². The standard InChI is InChI=1S/C21H19N5O3S/c1-12-4-9-17-18(10-12)30-21(22-17)23-20(27)16-7-5-15(6-8-16)11-25-14(3)19(26(28)29)13(2)24-25/h4-10H,11H2,1-3H3,(H,22,23,27). The number of nitrogens with zero attached hydrogens (tertiary/aromatic N) is 4. The first kappa shape index (κ1) is 19.7. The SMILES string of the molecule is Cc1ccc2nc(NC(=O)c3ccc(Cn4nc(C)c([N+](=O)[O-])c4C)cc3)sc2c1. The van der Waals surface area contributed by atoms with E-state index in [9.17, 15) is 14.9 Å². The van der Waals surface area contributed by atoms with E-state index in [0.29, 0.717) is 28.6 Å². The number of carbonyl (C=O) groups excluding carboxylic acids is 1. The third kappa shape index (κ3) is 3.79. The molecule has 9 heteroatoms. The lowest BCUT2D eigenvalue weighted by Gasteiger charge is -2.06. The van der Waals surface area contributed by atoms with Crippen molar-refractivity contribution in [3.8, 4) is 0 Å². The summed E-state index contributed by atoms with van der Waals surface area (Å²) in [6.45, 7) is 5.71. The lowest BCUT2D eigenvalue weighted by Crippen LogP contribution is -2.12. The first-order valence-corrected chi connectivity index (χ1v) is 10.1. The minimum atomic E-state index is -0.412. The van der Waals surface area contributed by atoms with Crippen LogP contribution in [0, 0.1) is 30.9 Å². The van der Waals surface area contributed by atoms with E-state index in [1.807, 2.05) is 37.3 Å². The molecule has 0 radical (unpaired) electrons. The molecule has 0 atom stereocenters. The Morgan fingerprint density at radius 3 is 2.57 bits per heavy atom. The van der Waals surface area contributed by atoms with Gasteiger partial charge in [-0.15, -0.1) is 0 Å². The fourth-order valence-corrected chi connectivity index (χ4v) is 4.25. The van der Waals surface area contributed by atoms with E-state index in [1.54, 1.807) is 30.7 Å². The Bertz CT molecular complexity index is 1270. The molecule has 2 heterocycles. The van der Waals surface area contributed by atoms with Crippen molar-refractivity contribution < 1.29 is 9.72 Å². The van der Waals surface area contributed by atoms with Crippen molar-refractivity contribution in [3.63, 3.8) is 0 Å². The maximum atomic E-state index is 12.6. The summed E-state index contributed by atoms with van der Waals surface area (Å²) in [5.74, 6) is -0.237. The molecular weight excluding hydrogens is 402 g/mol. The predicted octanol–water partition coefficient (Wildman–Crippen LogP) is 4.63. The third-order valence-corrected chi connectivity index (χ3v) is 5.77. The zero-order chi connectivity index (χ0) is 21.4. The number of aryl methyl sites for hydroxylation is 2. The van der Waals surface area contributed by atoms with Crippen molar-refractivity contribution in [1.29, 1.82) is 0 Å². The van der Waals surface area contributed by atoms with E-state index in [1.165, 1.54) is 11.3 Å². The van der Waals surface area contributed by atoms with Crippen LogP contribution in [0.5, 0.6) is 0 Å². The second kappa shape index (κ2) is 7.68. The van der Waals surface area contributed by atoms with Gasteiger partial charge in [-0.3, -0.25) is 24.9 Å². The summed E-state index contributed by atoms with van der Waals surface area (Å²) in [5.41, 5.74) is 4.33. The van der Waals surface area contributed by atoms with Crippen molar-refractivity contribution in [2.24, 2.45) is 0 Å². The normalized spacial score (nSPS) is 11.0. The van der Waals surface area contributed by atoms with E-state index < -0.39 is 4.92 Å². The summed E-state index contributed by atoms with van der Waals surface area (Å²) in [5, 5.41) is 18.8. The molecule has 8 nitrogen and oxygen atoms in total. The molecule has 1 amide bonds. The number of nitrogens with one attached hydrogen (secondary N) is 1. The Morgan fingerprint density at radius 2 is 1.90 bits per heavy atom. The minimum absolute atomic E-state index is 0.0389. The van der Waals surface area contributed by atoms with Crippen molar-refractivity contribution in [2.45, 2.75) is 27.3 Å². The molecule has 152 valence electrons. The molecule has 30 heavy (non-hydrogen) atoms. The van der Waals surface area contributed by atoms with Gasteiger partial charge in [-0.1, -0.05) is 29.5 Å². The molecule has 0 aliphatic heterocycles.